The number of nitrogens with one attached hydrogen (secondary N) is 1. The fourth-order valence-electron chi connectivity index (χ4n) is 2.35. The van der Waals surface area contributed by atoms with Crippen LogP contribution in [0.15, 0.2) is 35.8 Å². The molecule has 3 aromatic rings. The third-order valence-electron chi connectivity index (χ3n) is 3.47. The maximum absolute atomic E-state index is 12.7. The molecule has 3 rings (SSSR count). The van der Waals surface area contributed by atoms with Crippen LogP contribution >= 0.6 is 11.3 Å². The molecule has 1 aromatic carbocycles. The Balaban J connectivity index is 2.12. The Hall–Kier alpha value is -2.07. The molecule has 0 amide bonds. The van der Waals surface area contributed by atoms with Gasteiger partial charge in [-0.2, -0.15) is 0 Å². The van der Waals surface area contributed by atoms with Crippen molar-refractivity contribution in [3.8, 4) is 5.75 Å². The van der Waals surface area contributed by atoms with Gasteiger partial charge in [-0.15, -0.1) is 11.3 Å². The summed E-state index contributed by atoms with van der Waals surface area (Å²) in [6, 6.07) is 7.74. The predicted octanol–water partition coefficient (Wildman–Crippen LogP) is 4.03. The van der Waals surface area contributed by atoms with Gasteiger partial charge in [-0.05, 0) is 41.6 Å². The van der Waals surface area contributed by atoms with Crippen molar-refractivity contribution in [2.75, 3.05) is 7.11 Å². The van der Waals surface area contributed by atoms with Gasteiger partial charge in [0, 0.05) is 22.7 Å². The van der Waals surface area contributed by atoms with Crippen LogP contribution in [0.2, 0.25) is 0 Å². The van der Waals surface area contributed by atoms with Gasteiger partial charge in [-0.25, -0.2) is 0 Å². The van der Waals surface area contributed by atoms with Crippen molar-refractivity contribution in [1.82, 2.24) is 4.98 Å². The van der Waals surface area contributed by atoms with Crippen LogP contribution in [0.5, 0.6) is 5.75 Å². The van der Waals surface area contributed by atoms with Crippen LogP contribution in [0, 0.1) is 0 Å². The summed E-state index contributed by atoms with van der Waals surface area (Å²) in [4.78, 5) is 16.7. The van der Waals surface area contributed by atoms with Crippen LogP contribution in [0.25, 0.3) is 10.9 Å². The number of thiophene rings is 1. The number of fused-ring (bicyclic) bond motifs is 1. The highest BCUT2D eigenvalue weighted by Crippen LogP contribution is 2.28. The second-order valence-electron chi connectivity index (χ2n) is 4.57. The number of aromatic amines is 1. The van der Waals surface area contributed by atoms with E-state index in [-0.39, 0.29) is 5.78 Å². The third kappa shape index (κ3) is 2.02. The van der Waals surface area contributed by atoms with Crippen molar-refractivity contribution in [3.05, 3.63) is 51.8 Å². The molecular weight excluding hydrogens is 270 g/mol. The van der Waals surface area contributed by atoms with Crippen molar-refractivity contribution in [2.24, 2.45) is 0 Å². The molecule has 0 fully saturated rings. The van der Waals surface area contributed by atoms with E-state index >= 15 is 0 Å². The zero-order chi connectivity index (χ0) is 14.1. The first kappa shape index (κ1) is 12.9. The molecule has 0 saturated heterocycles. The van der Waals surface area contributed by atoms with E-state index in [0.717, 1.165) is 33.5 Å². The number of ketones is 1. The van der Waals surface area contributed by atoms with Gasteiger partial charge in [0.2, 0.25) is 5.78 Å². The molecule has 0 unspecified atom stereocenters. The lowest BCUT2D eigenvalue weighted by molar-refractivity contribution is 0.104. The summed E-state index contributed by atoms with van der Waals surface area (Å²) in [5.74, 6) is 0.837. The lowest BCUT2D eigenvalue weighted by atomic mass is 10.0. The van der Waals surface area contributed by atoms with Crippen molar-refractivity contribution in [1.29, 1.82) is 0 Å². The summed E-state index contributed by atoms with van der Waals surface area (Å²) in [6.07, 6.45) is 2.65. The van der Waals surface area contributed by atoms with E-state index in [0.29, 0.717) is 5.56 Å². The fourth-order valence-corrected chi connectivity index (χ4v) is 3.30. The van der Waals surface area contributed by atoms with E-state index in [9.17, 15) is 4.79 Å². The normalized spacial score (nSPS) is 10.9. The smallest absolute Gasteiger partial charge is 0.205 e. The first-order chi connectivity index (χ1) is 9.74. The van der Waals surface area contributed by atoms with E-state index in [4.69, 9.17) is 4.74 Å². The van der Waals surface area contributed by atoms with Gasteiger partial charge >= 0.3 is 0 Å². The Bertz CT molecular complexity index is 770. The Kier molecular flexibility index (Phi) is 3.32. The van der Waals surface area contributed by atoms with E-state index in [2.05, 4.69) is 11.9 Å². The molecule has 0 aliphatic carbocycles. The average Bonchev–Trinajstić information content (AvgIpc) is 3.12. The molecule has 0 radical (unpaired) electrons. The molecular formula is C16H15NO2S. The number of carbonyl (C=O) groups is 1. The number of aryl methyl sites for hydroxylation is 1. The SMILES string of the molecule is CCc1ccsc1C(=O)c1c[nH]c2ccc(OC)cc12. The molecule has 0 aliphatic rings. The van der Waals surface area contributed by atoms with Gasteiger partial charge in [0.05, 0.1) is 12.0 Å². The number of methoxy groups -OCH3 is 1. The number of carbonyl (C=O) groups excluding carboxylic acids is 1. The zero-order valence-corrected chi connectivity index (χ0v) is 12.2. The molecule has 0 aliphatic heterocycles. The highest BCUT2D eigenvalue weighted by Gasteiger charge is 2.18. The van der Waals surface area contributed by atoms with Gasteiger partial charge in [-0.1, -0.05) is 6.92 Å². The minimum absolute atomic E-state index is 0.0800. The summed E-state index contributed by atoms with van der Waals surface area (Å²) in [6.45, 7) is 2.07. The molecule has 0 spiro atoms. The number of H-pyrrole nitrogens is 1. The first-order valence-electron chi connectivity index (χ1n) is 6.50. The van der Waals surface area contributed by atoms with E-state index in [1.165, 1.54) is 11.3 Å². The quantitative estimate of drug-likeness (QED) is 0.735. The molecule has 102 valence electrons. The predicted molar refractivity (Wildman–Crippen MR) is 82.0 cm³/mol. The van der Waals surface area contributed by atoms with Crippen molar-refractivity contribution >= 4 is 28.0 Å². The van der Waals surface area contributed by atoms with Crippen LogP contribution in [-0.2, 0) is 6.42 Å². The average molecular weight is 285 g/mol. The first-order valence-corrected chi connectivity index (χ1v) is 7.38. The van der Waals surface area contributed by atoms with Gasteiger partial charge < -0.3 is 9.72 Å². The highest BCUT2D eigenvalue weighted by molar-refractivity contribution is 7.12. The van der Waals surface area contributed by atoms with Crippen LogP contribution in [0.4, 0.5) is 0 Å². The molecule has 4 heteroatoms. The molecule has 0 saturated carbocycles. The molecule has 0 atom stereocenters. The number of rotatable bonds is 4. The van der Waals surface area contributed by atoms with Crippen molar-refractivity contribution in [3.63, 3.8) is 0 Å². The van der Waals surface area contributed by atoms with Gasteiger partial charge in [-0.3, -0.25) is 4.79 Å². The molecule has 2 heterocycles. The Morgan fingerprint density at radius 1 is 1.35 bits per heavy atom. The van der Waals surface area contributed by atoms with Gasteiger partial charge in [0.25, 0.3) is 0 Å². The fraction of sp³-hybridized carbons (Fsp3) is 0.188. The largest absolute Gasteiger partial charge is 0.497 e. The standard InChI is InChI=1S/C16H15NO2S/c1-3-10-6-7-20-16(10)15(18)13-9-17-14-5-4-11(19-2)8-12(13)14/h4-9,17H,3H2,1-2H3. The van der Waals surface area contributed by atoms with Crippen LogP contribution in [0.3, 0.4) is 0 Å². The minimum atomic E-state index is 0.0800. The maximum atomic E-state index is 12.7. The lowest BCUT2D eigenvalue weighted by Gasteiger charge is -2.02. The van der Waals surface area contributed by atoms with E-state index in [1.807, 2.05) is 29.6 Å². The van der Waals surface area contributed by atoms with Crippen molar-refractivity contribution < 1.29 is 9.53 Å². The van der Waals surface area contributed by atoms with Gasteiger partial charge in [0.15, 0.2) is 0 Å². The van der Waals surface area contributed by atoms with E-state index < -0.39 is 0 Å². The second-order valence-corrected chi connectivity index (χ2v) is 5.49. The lowest BCUT2D eigenvalue weighted by Crippen LogP contribution is -2.00. The second kappa shape index (κ2) is 5.13. The topological polar surface area (TPSA) is 42.1 Å². The summed E-state index contributed by atoms with van der Waals surface area (Å²) < 4.78 is 5.24. The van der Waals surface area contributed by atoms with Gasteiger partial charge in [0.1, 0.15) is 5.75 Å². The number of hydrogen-bond donors (Lipinski definition) is 1. The maximum Gasteiger partial charge on any atom is 0.205 e. The minimum Gasteiger partial charge on any atom is -0.497 e. The zero-order valence-electron chi connectivity index (χ0n) is 11.4. The van der Waals surface area contributed by atoms with Crippen LogP contribution < -0.4 is 4.74 Å². The molecule has 20 heavy (non-hydrogen) atoms. The Morgan fingerprint density at radius 2 is 2.20 bits per heavy atom. The summed E-state index contributed by atoms with van der Waals surface area (Å²) >= 11 is 1.50. The Labute approximate surface area is 121 Å². The number of aromatic nitrogens is 1. The molecule has 3 nitrogen and oxygen atoms in total. The third-order valence-corrected chi connectivity index (χ3v) is 4.42. The van der Waals surface area contributed by atoms with E-state index in [1.54, 1.807) is 13.3 Å². The highest BCUT2D eigenvalue weighted by atomic mass is 32.1. The summed E-state index contributed by atoms with van der Waals surface area (Å²) in [5.41, 5.74) is 2.76. The summed E-state index contributed by atoms with van der Waals surface area (Å²) in [7, 11) is 1.63. The summed E-state index contributed by atoms with van der Waals surface area (Å²) in [5, 5.41) is 2.88. The number of benzene rings is 1. The van der Waals surface area contributed by atoms with Crippen LogP contribution in [-0.4, -0.2) is 17.9 Å². The number of hydrogen-bond acceptors (Lipinski definition) is 3. The molecule has 2 aromatic heterocycles. The van der Waals surface area contributed by atoms with Crippen molar-refractivity contribution in [2.45, 2.75) is 13.3 Å². The number of ether oxygens (including phenoxy) is 1. The molecule has 0 bridgehead atoms. The monoisotopic (exact) mass is 285 g/mol. The Morgan fingerprint density at radius 3 is 2.95 bits per heavy atom. The molecule has 1 N–H and O–H groups in total. The van der Waals surface area contributed by atoms with Crippen LogP contribution in [0.1, 0.15) is 27.7 Å².